The number of carbonyl (C=O) groups excluding carboxylic acids is 2. The molecule has 1 aromatic carbocycles. The van der Waals surface area contributed by atoms with Gasteiger partial charge in [-0.05, 0) is 70.7 Å². The highest BCUT2D eigenvalue weighted by molar-refractivity contribution is 6.04. The number of unbranched alkanes of at least 4 members (excludes halogenated alkanes) is 1. The average Bonchev–Trinajstić information content (AvgIpc) is 3.44. The molecular formula is C28H39N3O6. The van der Waals surface area contributed by atoms with E-state index in [2.05, 4.69) is 25.3 Å². The maximum atomic E-state index is 14.4. The number of hydrogen-bond donors (Lipinski definition) is 2. The number of carbonyl (C=O) groups is 3. The standard InChI is InChI=1S/C28H39N3O6/c1-5-16-30(20-12-10-19(11-13-20)29(6-2)7-3)25(34)23-28-15-14-27(4,37-28)22(26(35)36)21(28)24(33)31(23)17-8-9-18-32/h5,10-13,21-23,32H,1,6-9,14-18H2,2-4H3,(H,35,36)/t21-,22-,23?,27+,28?/m0/s1. The van der Waals surface area contributed by atoms with Gasteiger partial charge in [0.15, 0.2) is 0 Å². The van der Waals surface area contributed by atoms with E-state index in [0.717, 1.165) is 18.8 Å². The summed E-state index contributed by atoms with van der Waals surface area (Å²) in [6.45, 7) is 12.0. The molecule has 2 N–H and O–H groups in total. The Hall–Kier alpha value is -2.91. The van der Waals surface area contributed by atoms with Crippen LogP contribution in [0.15, 0.2) is 36.9 Å². The Bertz CT molecular complexity index is 1040. The van der Waals surface area contributed by atoms with E-state index in [9.17, 15) is 24.6 Å². The highest BCUT2D eigenvalue weighted by atomic mass is 16.5. The van der Waals surface area contributed by atoms with Crippen LogP contribution in [0.1, 0.15) is 46.5 Å². The van der Waals surface area contributed by atoms with E-state index in [1.807, 2.05) is 24.3 Å². The summed E-state index contributed by atoms with van der Waals surface area (Å²) in [6, 6.07) is 6.80. The highest BCUT2D eigenvalue weighted by Crippen LogP contribution is 2.63. The Morgan fingerprint density at radius 2 is 1.81 bits per heavy atom. The van der Waals surface area contributed by atoms with Gasteiger partial charge < -0.3 is 29.6 Å². The molecule has 5 atom stereocenters. The van der Waals surface area contributed by atoms with E-state index >= 15 is 0 Å². The first kappa shape index (κ1) is 27.1. The smallest absolute Gasteiger partial charge is 0.310 e. The van der Waals surface area contributed by atoms with Crippen molar-refractivity contribution in [1.82, 2.24) is 4.90 Å². The Balaban J connectivity index is 1.73. The lowest BCUT2D eigenvalue weighted by Gasteiger charge is -2.37. The summed E-state index contributed by atoms with van der Waals surface area (Å²) in [5.74, 6) is -3.63. The molecule has 37 heavy (non-hydrogen) atoms. The fourth-order valence-corrected chi connectivity index (χ4v) is 6.75. The van der Waals surface area contributed by atoms with Crippen molar-refractivity contribution in [1.29, 1.82) is 0 Å². The van der Waals surface area contributed by atoms with Gasteiger partial charge in [-0.2, -0.15) is 0 Å². The lowest BCUT2D eigenvalue weighted by Crippen LogP contribution is -2.56. The van der Waals surface area contributed by atoms with Crippen molar-refractivity contribution in [3.8, 4) is 0 Å². The van der Waals surface area contributed by atoms with Crippen LogP contribution in [0.3, 0.4) is 0 Å². The molecule has 2 bridgehead atoms. The van der Waals surface area contributed by atoms with E-state index in [1.165, 1.54) is 4.90 Å². The second-order valence-corrected chi connectivity index (χ2v) is 10.5. The SMILES string of the molecule is C=CCN(C(=O)C1N(CCCCO)C(=O)[C@@H]2[C@@H](C(=O)O)[C@@]3(C)CCC12O3)c1ccc(N(CC)CC)cc1. The van der Waals surface area contributed by atoms with Crippen LogP contribution in [0.5, 0.6) is 0 Å². The zero-order chi connectivity index (χ0) is 27.0. The molecule has 2 amide bonds. The summed E-state index contributed by atoms with van der Waals surface area (Å²) in [4.78, 5) is 45.8. The van der Waals surface area contributed by atoms with Crippen molar-refractivity contribution < 1.29 is 29.3 Å². The average molecular weight is 514 g/mol. The molecule has 3 heterocycles. The number of hydrogen-bond acceptors (Lipinski definition) is 6. The van der Waals surface area contributed by atoms with Gasteiger partial charge in [-0.25, -0.2) is 0 Å². The molecule has 0 radical (unpaired) electrons. The highest BCUT2D eigenvalue weighted by Gasteiger charge is 2.78. The Kier molecular flexibility index (Phi) is 7.67. The van der Waals surface area contributed by atoms with Gasteiger partial charge in [0.25, 0.3) is 5.91 Å². The third kappa shape index (κ3) is 4.32. The minimum Gasteiger partial charge on any atom is -0.481 e. The minimum atomic E-state index is -1.19. The Morgan fingerprint density at radius 1 is 1.16 bits per heavy atom. The topological polar surface area (TPSA) is 111 Å². The number of benzene rings is 1. The van der Waals surface area contributed by atoms with E-state index < -0.39 is 35.0 Å². The first-order valence-electron chi connectivity index (χ1n) is 13.3. The molecule has 3 saturated heterocycles. The number of fused-ring (bicyclic) bond motifs is 1. The maximum Gasteiger partial charge on any atom is 0.310 e. The van der Waals surface area contributed by atoms with Crippen molar-refractivity contribution in [3.63, 3.8) is 0 Å². The molecule has 4 rings (SSSR count). The van der Waals surface area contributed by atoms with Crippen molar-refractivity contribution in [2.75, 3.05) is 42.6 Å². The Morgan fingerprint density at radius 3 is 2.38 bits per heavy atom. The molecule has 0 saturated carbocycles. The van der Waals surface area contributed by atoms with E-state index in [1.54, 1.807) is 17.9 Å². The summed E-state index contributed by atoms with van der Waals surface area (Å²) in [7, 11) is 0. The number of carboxylic acid groups (broad SMARTS) is 1. The van der Waals surface area contributed by atoms with Crippen LogP contribution in [0.25, 0.3) is 0 Å². The molecule has 9 heteroatoms. The number of aliphatic hydroxyl groups excluding tert-OH is 1. The molecule has 0 aromatic heterocycles. The summed E-state index contributed by atoms with van der Waals surface area (Å²) in [5, 5.41) is 19.4. The number of amides is 2. The molecule has 9 nitrogen and oxygen atoms in total. The maximum absolute atomic E-state index is 14.4. The molecule has 2 unspecified atom stereocenters. The number of likely N-dealkylation sites (tertiary alicyclic amines) is 1. The molecule has 1 aromatic rings. The summed E-state index contributed by atoms with van der Waals surface area (Å²) < 4.78 is 6.46. The quantitative estimate of drug-likeness (QED) is 0.327. The van der Waals surface area contributed by atoms with Crippen molar-refractivity contribution in [2.45, 2.75) is 63.7 Å². The fourth-order valence-electron chi connectivity index (χ4n) is 6.75. The van der Waals surface area contributed by atoms with Gasteiger partial charge in [0.05, 0.1) is 17.4 Å². The summed E-state index contributed by atoms with van der Waals surface area (Å²) >= 11 is 0. The first-order valence-corrected chi connectivity index (χ1v) is 13.3. The van der Waals surface area contributed by atoms with Crippen molar-refractivity contribution in [3.05, 3.63) is 36.9 Å². The summed E-state index contributed by atoms with van der Waals surface area (Å²) in [5.41, 5.74) is -0.450. The molecule has 3 fully saturated rings. The van der Waals surface area contributed by atoms with Gasteiger partial charge in [-0.3, -0.25) is 14.4 Å². The van der Waals surface area contributed by atoms with Crippen LogP contribution in [0.4, 0.5) is 11.4 Å². The van der Waals surface area contributed by atoms with Gasteiger partial charge in [0, 0.05) is 44.2 Å². The molecule has 3 aliphatic heterocycles. The summed E-state index contributed by atoms with van der Waals surface area (Å²) in [6.07, 6.45) is 3.55. The molecule has 0 aliphatic carbocycles. The van der Waals surface area contributed by atoms with E-state index in [-0.39, 0.29) is 31.5 Å². The van der Waals surface area contributed by atoms with Crippen LogP contribution < -0.4 is 9.80 Å². The zero-order valence-electron chi connectivity index (χ0n) is 22.1. The number of rotatable bonds is 12. The van der Waals surface area contributed by atoms with Gasteiger partial charge in [0.1, 0.15) is 11.6 Å². The van der Waals surface area contributed by atoms with Crippen LogP contribution >= 0.6 is 0 Å². The van der Waals surface area contributed by atoms with Crippen LogP contribution in [-0.4, -0.2) is 82.9 Å². The molecule has 3 aliphatic rings. The third-order valence-corrected chi connectivity index (χ3v) is 8.45. The number of aliphatic hydroxyl groups is 1. The van der Waals surface area contributed by atoms with Gasteiger partial charge >= 0.3 is 5.97 Å². The second-order valence-electron chi connectivity index (χ2n) is 10.5. The molecule has 1 spiro atoms. The number of carboxylic acids is 1. The first-order chi connectivity index (χ1) is 17.7. The minimum absolute atomic E-state index is 0.0248. The largest absolute Gasteiger partial charge is 0.481 e. The monoisotopic (exact) mass is 513 g/mol. The second kappa shape index (κ2) is 10.5. The van der Waals surface area contributed by atoms with Gasteiger partial charge in [0.2, 0.25) is 5.91 Å². The lowest BCUT2D eigenvalue weighted by atomic mass is 9.66. The van der Waals surface area contributed by atoms with E-state index in [4.69, 9.17) is 4.74 Å². The molecular weight excluding hydrogens is 474 g/mol. The van der Waals surface area contributed by atoms with Crippen LogP contribution in [0, 0.1) is 11.8 Å². The third-order valence-electron chi connectivity index (χ3n) is 8.45. The van der Waals surface area contributed by atoms with Gasteiger partial charge in [-0.15, -0.1) is 6.58 Å². The Labute approximate surface area is 218 Å². The predicted octanol–water partition coefficient (Wildman–Crippen LogP) is 2.67. The normalized spacial score (nSPS) is 29.9. The van der Waals surface area contributed by atoms with Gasteiger partial charge in [-0.1, -0.05) is 6.08 Å². The molecule has 202 valence electrons. The zero-order valence-corrected chi connectivity index (χ0v) is 22.1. The van der Waals surface area contributed by atoms with Crippen LogP contribution in [-0.2, 0) is 19.1 Å². The lowest BCUT2D eigenvalue weighted by molar-refractivity contribution is -0.154. The van der Waals surface area contributed by atoms with Crippen molar-refractivity contribution in [2.24, 2.45) is 11.8 Å². The fraction of sp³-hybridized carbons (Fsp3) is 0.607. The predicted molar refractivity (Wildman–Crippen MR) is 140 cm³/mol. The van der Waals surface area contributed by atoms with Crippen LogP contribution in [0.2, 0.25) is 0 Å². The van der Waals surface area contributed by atoms with Crippen molar-refractivity contribution >= 4 is 29.2 Å². The number of nitrogens with zero attached hydrogens (tertiary/aromatic N) is 3. The van der Waals surface area contributed by atoms with E-state index in [0.29, 0.717) is 31.4 Å². The number of ether oxygens (including phenoxy) is 1. The number of aliphatic carboxylic acids is 1. The number of anilines is 2.